The molecule has 1 heterocycles. The average Bonchev–Trinajstić information content (AvgIpc) is 3.33. The highest BCUT2D eigenvalue weighted by Crippen LogP contribution is 2.35. The van der Waals surface area contributed by atoms with E-state index in [9.17, 15) is 4.79 Å². The van der Waals surface area contributed by atoms with Gasteiger partial charge in [0.2, 0.25) is 0 Å². The number of benzene rings is 2. The molecule has 1 aliphatic rings. The van der Waals surface area contributed by atoms with Crippen molar-refractivity contribution in [2.75, 3.05) is 11.5 Å². The Bertz CT molecular complexity index is 1070. The van der Waals surface area contributed by atoms with Crippen LogP contribution in [-0.2, 0) is 0 Å². The summed E-state index contributed by atoms with van der Waals surface area (Å²) >= 11 is 0. The third-order valence-electron chi connectivity index (χ3n) is 5.95. The van der Waals surface area contributed by atoms with Gasteiger partial charge in [-0.25, -0.2) is 0 Å². The number of hydrogen-bond donors (Lipinski definition) is 4. The van der Waals surface area contributed by atoms with E-state index in [0.717, 1.165) is 18.5 Å². The lowest BCUT2D eigenvalue weighted by Crippen LogP contribution is -2.33. The van der Waals surface area contributed by atoms with Crippen molar-refractivity contribution >= 4 is 23.0 Å². The van der Waals surface area contributed by atoms with Gasteiger partial charge < -0.3 is 16.8 Å². The predicted molar refractivity (Wildman–Crippen MR) is 124 cm³/mol. The summed E-state index contributed by atoms with van der Waals surface area (Å²) in [6, 6.07) is 17.8. The molecule has 31 heavy (non-hydrogen) atoms. The zero-order valence-electron chi connectivity index (χ0n) is 17.3. The fraction of sp³-hybridized carbons (Fsp3) is 0.240. The number of amides is 1. The Morgan fingerprint density at radius 2 is 1.71 bits per heavy atom. The van der Waals surface area contributed by atoms with E-state index in [2.05, 4.69) is 10.3 Å². The van der Waals surface area contributed by atoms with E-state index in [1.54, 1.807) is 48.7 Å². The number of nitrogens with two attached hydrogens (primary N) is 2. The largest absolute Gasteiger partial charge is 0.399 e. The van der Waals surface area contributed by atoms with E-state index in [0.29, 0.717) is 34.0 Å². The lowest BCUT2D eigenvalue weighted by molar-refractivity contribution is 0.0920. The summed E-state index contributed by atoms with van der Waals surface area (Å²) in [5, 5.41) is 11.8. The molecule has 0 bridgehead atoms. The van der Waals surface area contributed by atoms with Crippen molar-refractivity contribution in [3.8, 4) is 0 Å². The highest BCUT2D eigenvalue weighted by Gasteiger charge is 2.29. The second kappa shape index (κ2) is 9.00. The van der Waals surface area contributed by atoms with Gasteiger partial charge in [0.25, 0.3) is 5.91 Å². The van der Waals surface area contributed by atoms with Gasteiger partial charge in [-0.2, -0.15) is 0 Å². The van der Waals surface area contributed by atoms with Gasteiger partial charge in [0, 0.05) is 34.3 Å². The highest BCUT2D eigenvalue weighted by molar-refractivity contribution is 6.15. The average molecular weight is 414 g/mol. The number of nitrogens with one attached hydrogen (secondary N) is 2. The van der Waals surface area contributed by atoms with E-state index in [4.69, 9.17) is 16.9 Å². The second-order valence-corrected chi connectivity index (χ2v) is 8.05. The molecule has 1 amide bonds. The molecule has 3 aromatic rings. The molecule has 2 aromatic carbocycles. The molecule has 6 N–H and O–H groups in total. The molecule has 1 aromatic heterocycles. The lowest BCUT2D eigenvalue weighted by atomic mass is 9.94. The minimum atomic E-state index is -0.186. The standard InChI is InChI=1S/C25H27N5O/c26-19-11-8-16(9-12-19)23(28)20-15-18(10-13-21(20)27)25(31)30-24(17-5-1-2-6-17)22-7-3-4-14-29-22/h3-4,7-15,17,24,28H,1-2,5-6,26-27H2,(H,30,31)/t24-/m0/s1. The van der Waals surface area contributed by atoms with E-state index in [1.165, 1.54) is 12.8 Å². The molecule has 4 rings (SSSR count). The van der Waals surface area contributed by atoms with Crippen LogP contribution >= 0.6 is 0 Å². The molecule has 0 saturated heterocycles. The summed E-state index contributed by atoms with van der Waals surface area (Å²) < 4.78 is 0. The van der Waals surface area contributed by atoms with Crippen LogP contribution in [0.5, 0.6) is 0 Å². The number of aromatic nitrogens is 1. The maximum atomic E-state index is 13.2. The second-order valence-electron chi connectivity index (χ2n) is 8.05. The van der Waals surface area contributed by atoms with Gasteiger partial charge >= 0.3 is 0 Å². The number of carbonyl (C=O) groups excluding carboxylic acids is 1. The maximum absolute atomic E-state index is 13.2. The van der Waals surface area contributed by atoms with Gasteiger partial charge in [-0.05, 0) is 61.2 Å². The number of rotatable bonds is 6. The van der Waals surface area contributed by atoms with Crippen molar-refractivity contribution < 1.29 is 4.79 Å². The van der Waals surface area contributed by atoms with Gasteiger partial charge in [-0.3, -0.25) is 15.2 Å². The zero-order chi connectivity index (χ0) is 21.8. The van der Waals surface area contributed by atoms with Crippen LogP contribution in [-0.4, -0.2) is 16.6 Å². The van der Waals surface area contributed by atoms with Gasteiger partial charge in [0.05, 0.1) is 17.4 Å². The Labute approximate surface area is 182 Å². The Balaban J connectivity index is 1.60. The summed E-state index contributed by atoms with van der Waals surface area (Å²) in [6.45, 7) is 0. The molecular weight excluding hydrogens is 386 g/mol. The number of nitrogen functional groups attached to an aromatic ring is 2. The van der Waals surface area contributed by atoms with E-state index < -0.39 is 0 Å². The third kappa shape index (κ3) is 4.58. The lowest BCUT2D eigenvalue weighted by Gasteiger charge is -2.24. The minimum absolute atomic E-state index is 0.131. The molecule has 158 valence electrons. The van der Waals surface area contributed by atoms with Crippen LogP contribution < -0.4 is 16.8 Å². The molecule has 1 aliphatic carbocycles. The Hall–Kier alpha value is -3.67. The summed E-state index contributed by atoms with van der Waals surface area (Å²) in [5.41, 5.74) is 15.8. The fourth-order valence-corrected chi connectivity index (χ4v) is 4.23. The monoisotopic (exact) mass is 413 g/mol. The number of anilines is 2. The molecule has 1 fully saturated rings. The van der Waals surface area contributed by atoms with Gasteiger partial charge in [0.15, 0.2) is 0 Å². The molecule has 1 saturated carbocycles. The highest BCUT2D eigenvalue weighted by atomic mass is 16.1. The number of carbonyl (C=O) groups is 1. The molecule has 0 radical (unpaired) electrons. The van der Waals surface area contributed by atoms with Crippen LogP contribution in [0.3, 0.4) is 0 Å². The summed E-state index contributed by atoms with van der Waals surface area (Å²) in [7, 11) is 0. The van der Waals surface area contributed by atoms with Gasteiger partial charge in [-0.15, -0.1) is 0 Å². The van der Waals surface area contributed by atoms with Crippen molar-refractivity contribution in [1.82, 2.24) is 10.3 Å². The first-order valence-electron chi connectivity index (χ1n) is 10.6. The van der Waals surface area contributed by atoms with E-state index >= 15 is 0 Å². The molecule has 6 nitrogen and oxygen atoms in total. The van der Waals surface area contributed by atoms with Crippen LogP contribution in [0.1, 0.15) is 58.9 Å². The fourth-order valence-electron chi connectivity index (χ4n) is 4.23. The first-order chi connectivity index (χ1) is 15.0. The van der Waals surface area contributed by atoms with Crippen LogP contribution in [0.15, 0.2) is 66.9 Å². The third-order valence-corrected chi connectivity index (χ3v) is 5.95. The van der Waals surface area contributed by atoms with Gasteiger partial charge in [0.1, 0.15) is 0 Å². The zero-order valence-corrected chi connectivity index (χ0v) is 17.3. The van der Waals surface area contributed by atoms with Crippen LogP contribution in [0.25, 0.3) is 0 Å². The van der Waals surface area contributed by atoms with E-state index in [-0.39, 0.29) is 17.7 Å². The van der Waals surface area contributed by atoms with Crippen LogP contribution in [0, 0.1) is 11.3 Å². The number of hydrogen-bond acceptors (Lipinski definition) is 5. The van der Waals surface area contributed by atoms with Crippen molar-refractivity contribution in [2.45, 2.75) is 31.7 Å². The molecule has 0 unspecified atom stereocenters. The topological polar surface area (TPSA) is 118 Å². The quantitative estimate of drug-likeness (QED) is 0.355. The van der Waals surface area contributed by atoms with E-state index in [1.807, 2.05) is 18.2 Å². The molecule has 0 spiro atoms. The predicted octanol–water partition coefficient (Wildman–Crippen LogP) is 4.32. The minimum Gasteiger partial charge on any atom is -0.399 e. The maximum Gasteiger partial charge on any atom is 0.251 e. The van der Waals surface area contributed by atoms with Gasteiger partial charge in [-0.1, -0.05) is 31.0 Å². The molecule has 0 aliphatic heterocycles. The van der Waals surface area contributed by atoms with Crippen molar-refractivity contribution in [3.05, 3.63) is 89.2 Å². The normalized spacial score (nSPS) is 14.8. The van der Waals surface area contributed by atoms with Crippen LogP contribution in [0.2, 0.25) is 0 Å². The van der Waals surface area contributed by atoms with Crippen molar-refractivity contribution in [1.29, 1.82) is 5.41 Å². The summed E-state index contributed by atoms with van der Waals surface area (Å²) in [5.74, 6) is 0.189. The molecule has 6 heteroatoms. The SMILES string of the molecule is N=C(c1ccc(N)cc1)c1cc(C(=O)N[C@H](c2ccccn2)C2CCCC2)ccc1N. The molecule has 1 atom stereocenters. The Morgan fingerprint density at radius 1 is 1.00 bits per heavy atom. The summed E-state index contributed by atoms with van der Waals surface area (Å²) in [6.07, 6.45) is 6.27. The Morgan fingerprint density at radius 3 is 2.39 bits per heavy atom. The number of pyridine rings is 1. The molecular formula is C25H27N5O. The summed E-state index contributed by atoms with van der Waals surface area (Å²) in [4.78, 5) is 17.7. The first kappa shape index (κ1) is 20.6. The van der Waals surface area contributed by atoms with Crippen molar-refractivity contribution in [2.24, 2.45) is 5.92 Å². The van der Waals surface area contributed by atoms with Crippen LogP contribution in [0.4, 0.5) is 11.4 Å². The smallest absolute Gasteiger partial charge is 0.251 e. The Kier molecular flexibility index (Phi) is 5.98. The number of nitrogens with zero attached hydrogens (tertiary/aromatic N) is 1. The van der Waals surface area contributed by atoms with Crippen molar-refractivity contribution in [3.63, 3.8) is 0 Å². The first-order valence-corrected chi connectivity index (χ1v) is 10.6.